The van der Waals surface area contributed by atoms with Gasteiger partial charge in [0.25, 0.3) is 0 Å². The quantitative estimate of drug-likeness (QED) is 0.778. The van der Waals surface area contributed by atoms with Crippen LogP contribution in [0, 0.1) is 0 Å². The molecule has 1 aromatic heterocycles. The van der Waals surface area contributed by atoms with Gasteiger partial charge in [-0.05, 0) is 24.8 Å². The minimum atomic E-state index is 0.134. The van der Waals surface area contributed by atoms with Crippen molar-refractivity contribution in [2.75, 3.05) is 19.8 Å². The van der Waals surface area contributed by atoms with Gasteiger partial charge in [-0.25, -0.2) is 0 Å². The number of nitrogens with zero attached hydrogens (tertiary/aromatic N) is 1. The van der Waals surface area contributed by atoms with Gasteiger partial charge in [-0.3, -0.25) is 9.59 Å². The number of ketones is 1. The summed E-state index contributed by atoms with van der Waals surface area (Å²) in [4.78, 5) is 26.5. The van der Waals surface area contributed by atoms with E-state index in [-0.39, 0.29) is 17.7 Å². The molecule has 19 heavy (non-hydrogen) atoms. The average molecular weight is 281 g/mol. The second kappa shape index (κ2) is 6.82. The Morgan fingerprint density at radius 3 is 3.00 bits per heavy atom. The van der Waals surface area contributed by atoms with Crippen molar-refractivity contribution in [1.82, 2.24) is 4.90 Å². The highest BCUT2D eigenvalue weighted by atomic mass is 32.1. The van der Waals surface area contributed by atoms with E-state index < -0.39 is 0 Å². The Hall–Kier alpha value is -1.20. The fourth-order valence-electron chi connectivity index (χ4n) is 2.20. The van der Waals surface area contributed by atoms with Crippen molar-refractivity contribution in [3.05, 3.63) is 22.4 Å². The molecule has 2 rings (SSSR count). The van der Waals surface area contributed by atoms with Crippen LogP contribution >= 0.6 is 11.3 Å². The fourth-order valence-corrected chi connectivity index (χ4v) is 2.90. The Morgan fingerprint density at radius 2 is 2.32 bits per heavy atom. The van der Waals surface area contributed by atoms with Crippen LogP contribution in [0.2, 0.25) is 0 Å². The summed E-state index contributed by atoms with van der Waals surface area (Å²) < 4.78 is 5.31. The van der Waals surface area contributed by atoms with E-state index in [4.69, 9.17) is 4.74 Å². The maximum atomic E-state index is 12.0. The maximum absolute atomic E-state index is 12.0. The topological polar surface area (TPSA) is 46.6 Å². The van der Waals surface area contributed by atoms with Gasteiger partial charge in [-0.15, -0.1) is 11.3 Å². The average Bonchev–Trinajstić information content (AvgIpc) is 2.93. The van der Waals surface area contributed by atoms with Crippen LogP contribution in [0.1, 0.15) is 35.9 Å². The molecule has 0 aromatic carbocycles. The van der Waals surface area contributed by atoms with Gasteiger partial charge in [-0.1, -0.05) is 6.07 Å². The van der Waals surface area contributed by atoms with Gasteiger partial charge in [0, 0.05) is 19.4 Å². The summed E-state index contributed by atoms with van der Waals surface area (Å²) in [5.74, 6) is 0.271. The van der Waals surface area contributed by atoms with Gasteiger partial charge >= 0.3 is 0 Å². The van der Waals surface area contributed by atoms with Crippen LogP contribution < -0.4 is 0 Å². The van der Waals surface area contributed by atoms with Crippen LogP contribution in [0.5, 0.6) is 0 Å². The van der Waals surface area contributed by atoms with E-state index in [0.717, 1.165) is 4.88 Å². The number of hydrogen-bond donors (Lipinski definition) is 0. The molecule has 0 N–H and O–H groups in total. The molecule has 1 aromatic rings. The third-order valence-electron chi connectivity index (χ3n) is 3.28. The zero-order chi connectivity index (χ0) is 13.7. The summed E-state index contributed by atoms with van der Waals surface area (Å²) in [5.41, 5.74) is 0. The van der Waals surface area contributed by atoms with E-state index in [1.165, 1.54) is 11.3 Å². The zero-order valence-electron chi connectivity index (χ0n) is 11.1. The third-order valence-corrected chi connectivity index (χ3v) is 4.19. The molecule has 1 aliphatic rings. The molecule has 0 saturated carbocycles. The Morgan fingerprint density at radius 1 is 1.47 bits per heavy atom. The number of carbonyl (C=O) groups is 2. The Bertz CT molecular complexity index is 430. The van der Waals surface area contributed by atoms with Crippen molar-refractivity contribution in [3.8, 4) is 0 Å². The largest absolute Gasteiger partial charge is 0.377 e. The van der Waals surface area contributed by atoms with Crippen molar-refractivity contribution >= 4 is 23.0 Å². The zero-order valence-corrected chi connectivity index (χ0v) is 11.9. The van der Waals surface area contributed by atoms with Crippen LogP contribution in [0.15, 0.2) is 17.5 Å². The molecule has 1 fully saturated rings. The Balaban J connectivity index is 1.73. The van der Waals surface area contributed by atoms with E-state index in [0.29, 0.717) is 39.0 Å². The van der Waals surface area contributed by atoms with Crippen molar-refractivity contribution in [2.45, 2.75) is 32.2 Å². The molecule has 2 heterocycles. The van der Waals surface area contributed by atoms with Gasteiger partial charge in [0.05, 0.1) is 24.1 Å². The molecule has 1 aliphatic heterocycles. The predicted octanol–water partition coefficient (Wildman–Crippen LogP) is 2.35. The molecule has 1 amide bonds. The predicted molar refractivity (Wildman–Crippen MR) is 74.5 cm³/mol. The van der Waals surface area contributed by atoms with Crippen molar-refractivity contribution in [1.29, 1.82) is 0 Å². The van der Waals surface area contributed by atoms with Crippen LogP contribution in [-0.4, -0.2) is 42.4 Å². The highest BCUT2D eigenvalue weighted by Crippen LogP contribution is 2.14. The lowest BCUT2D eigenvalue weighted by atomic mass is 10.1. The number of morpholine rings is 1. The van der Waals surface area contributed by atoms with Crippen LogP contribution in [0.4, 0.5) is 0 Å². The molecular formula is C14H19NO3S. The first-order valence-electron chi connectivity index (χ1n) is 6.62. The monoisotopic (exact) mass is 281 g/mol. The number of Topliss-reactive ketones (excluding diaryl/α,β-unsaturated/α-hetero) is 1. The minimum Gasteiger partial charge on any atom is -0.377 e. The van der Waals surface area contributed by atoms with Crippen LogP contribution in [-0.2, 0) is 9.53 Å². The smallest absolute Gasteiger partial charge is 0.222 e. The SMILES string of the molecule is CC1COCCN1C(=O)CCCC(=O)c1cccs1. The first-order valence-corrected chi connectivity index (χ1v) is 7.50. The molecule has 1 saturated heterocycles. The molecule has 0 aliphatic carbocycles. The normalized spacial score (nSPS) is 19.4. The van der Waals surface area contributed by atoms with Gasteiger partial charge in [0.2, 0.25) is 5.91 Å². The number of amides is 1. The van der Waals surface area contributed by atoms with E-state index in [9.17, 15) is 9.59 Å². The second-order valence-corrected chi connectivity index (χ2v) is 5.71. The summed E-state index contributed by atoms with van der Waals surface area (Å²) in [6, 6.07) is 3.85. The van der Waals surface area contributed by atoms with E-state index in [1.54, 1.807) is 0 Å². The fraction of sp³-hybridized carbons (Fsp3) is 0.571. The lowest BCUT2D eigenvalue weighted by Gasteiger charge is -2.33. The maximum Gasteiger partial charge on any atom is 0.222 e. The van der Waals surface area contributed by atoms with Crippen molar-refractivity contribution in [2.24, 2.45) is 0 Å². The molecule has 0 spiro atoms. The molecule has 104 valence electrons. The minimum absolute atomic E-state index is 0.134. The number of rotatable bonds is 5. The van der Waals surface area contributed by atoms with Gasteiger partial charge in [0.1, 0.15) is 0 Å². The number of hydrogen-bond acceptors (Lipinski definition) is 4. The van der Waals surface area contributed by atoms with Crippen molar-refractivity contribution < 1.29 is 14.3 Å². The molecule has 4 nitrogen and oxygen atoms in total. The van der Waals surface area contributed by atoms with Crippen LogP contribution in [0.3, 0.4) is 0 Å². The second-order valence-electron chi connectivity index (χ2n) is 4.77. The Kier molecular flexibility index (Phi) is 5.10. The standard InChI is InChI=1S/C14H19NO3S/c1-11-10-18-8-7-15(11)14(17)6-2-4-12(16)13-5-3-9-19-13/h3,5,9,11H,2,4,6-8,10H2,1H3. The Labute approximate surface area is 117 Å². The van der Waals surface area contributed by atoms with Crippen LogP contribution in [0.25, 0.3) is 0 Å². The van der Waals surface area contributed by atoms with E-state index in [2.05, 4.69) is 0 Å². The number of carbonyl (C=O) groups excluding carboxylic acids is 2. The first kappa shape index (κ1) is 14.2. The van der Waals surface area contributed by atoms with E-state index >= 15 is 0 Å². The highest BCUT2D eigenvalue weighted by Gasteiger charge is 2.23. The lowest BCUT2D eigenvalue weighted by molar-refractivity contribution is -0.139. The molecule has 5 heteroatoms. The molecule has 0 radical (unpaired) electrons. The summed E-state index contributed by atoms with van der Waals surface area (Å²) >= 11 is 1.46. The first-order chi connectivity index (χ1) is 9.18. The van der Waals surface area contributed by atoms with Gasteiger partial charge in [0.15, 0.2) is 5.78 Å². The van der Waals surface area contributed by atoms with Gasteiger partial charge in [-0.2, -0.15) is 0 Å². The molecular weight excluding hydrogens is 262 g/mol. The lowest BCUT2D eigenvalue weighted by Crippen LogP contribution is -2.47. The summed E-state index contributed by atoms with van der Waals surface area (Å²) in [5, 5.41) is 1.90. The molecule has 0 bridgehead atoms. The number of thiophene rings is 1. The highest BCUT2D eigenvalue weighted by molar-refractivity contribution is 7.12. The summed E-state index contributed by atoms with van der Waals surface area (Å²) in [7, 11) is 0. The van der Waals surface area contributed by atoms with Gasteiger partial charge < -0.3 is 9.64 Å². The molecule has 1 unspecified atom stereocenters. The van der Waals surface area contributed by atoms with E-state index in [1.807, 2.05) is 29.3 Å². The molecule has 1 atom stereocenters. The van der Waals surface area contributed by atoms with Crippen molar-refractivity contribution in [3.63, 3.8) is 0 Å². The number of ether oxygens (including phenoxy) is 1. The third kappa shape index (κ3) is 3.88. The summed E-state index contributed by atoms with van der Waals surface area (Å²) in [6.07, 6.45) is 1.52. The summed E-state index contributed by atoms with van der Waals surface area (Å²) in [6.45, 7) is 3.89.